The largest absolute Gasteiger partial charge is 0.348 e. The molecule has 4 aromatic carbocycles. The van der Waals surface area contributed by atoms with Crippen LogP contribution in [0.3, 0.4) is 0 Å². The van der Waals surface area contributed by atoms with E-state index in [1.807, 2.05) is 62.9 Å². The molecule has 2 N–H and O–H groups in total. The zero-order valence-corrected chi connectivity index (χ0v) is 47.9. The highest BCUT2D eigenvalue weighted by Crippen LogP contribution is 2.45. The number of fused-ring (bicyclic) bond motifs is 2. The number of sulfone groups is 2. The van der Waals surface area contributed by atoms with E-state index in [0.29, 0.717) is 45.8 Å². The lowest BCUT2D eigenvalue weighted by atomic mass is 9.73. The molecule has 2 aliphatic rings. The first-order valence-electron chi connectivity index (χ1n) is 26.3. The summed E-state index contributed by atoms with van der Waals surface area (Å²) in [6.45, 7) is 28.8. The van der Waals surface area contributed by atoms with Gasteiger partial charge in [-0.2, -0.15) is 0 Å². The maximum atomic E-state index is 13.1. The minimum atomic E-state index is -3.24. The van der Waals surface area contributed by atoms with E-state index in [1.165, 1.54) is 22.3 Å². The highest BCUT2D eigenvalue weighted by molar-refractivity contribution is 7.91. The maximum absolute atomic E-state index is 13.1. The van der Waals surface area contributed by atoms with Crippen LogP contribution in [0.4, 0.5) is 0 Å². The molecule has 0 radical (unpaired) electrons. The van der Waals surface area contributed by atoms with Crippen LogP contribution in [-0.2, 0) is 56.7 Å². The lowest BCUT2D eigenvalue weighted by molar-refractivity contribution is 0.0933. The number of rotatable bonds is 16. The molecule has 0 saturated carbocycles. The molecule has 4 heterocycles. The Morgan fingerprint density at radius 1 is 0.553 bits per heavy atom. The monoisotopic (exact) mass is 1070 g/mol. The highest BCUT2D eigenvalue weighted by Gasteiger charge is 2.41. The van der Waals surface area contributed by atoms with Crippen molar-refractivity contribution >= 4 is 31.5 Å². The second kappa shape index (κ2) is 23.6. The number of amides is 2. The molecule has 2 aromatic heterocycles. The summed E-state index contributed by atoms with van der Waals surface area (Å²) in [6, 6.07) is 25.9. The van der Waals surface area contributed by atoms with Crippen molar-refractivity contribution in [3.63, 3.8) is 0 Å². The molecular formula is C60H76N8O6S2. The Morgan fingerprint density at radius 3 is 1.21 bits per heavy atom. The van der Waals surface area contributed by atoms with E-state index < -0.39 is 19.7 Å². The molecule has 6 aromatic rings. The van der Waals surface area contributed by atoms with Gasteiger partial charge in [0.1, 0.15) is 0 Å². The molecular weight excluding hydrogens is 993 g/mol. The first-order chi connectivity index (χ1) is 35.8. The van der Waals surface area contributed by atoms with Crippen LogP contribution in [0, 0.1) is 25.7 Å². The summed E-state index contributed by atoms with van der Waals surface area (Å²) >= 11 is 0. The number of carbonyl (C=O) groups is 2. The van der Waals surface area contributed by atoms with Crippen LogP contribution in [0.1, 0.15) is 158 Å². The third-order valence-electron chi connectivity index (χ3n) is 14.6. The summed E-state index contributed by atoms with van der Waals surface area (Å²) in [5, 5.41) is 5.98. The van der Waals surface area contributed by atoms with Crippen LogP contribution < -0.4 is 10.6 Å². The Kier molecular flexibility index (Phi) is 17.8. The number of aromatic nitrogens is 4. The number of nitrogens with zero attached hydrogens (tertiary/aromatic N) is 6. The molecule has 2 aliphatic heterocycles. The number of hydrogen-bond acceptors (Lipinski definition) is 12. The van der Waals surface area contributed by atoms with Crippen molar-refractivity contribution in [1.82, 2.24) is 40.4 Å². The van der Waals surface area contributed by atoms with Crippen LogP contribution in [0.5, 0.6) is 0 Å². The second-order valence-corrected chi connectivity index (χ2v) is 26.9. The summed E-state index contributed by atoms with van der Waals surface area (Å²) < 4.78 is 48.2. The normalized spacial score (nSPS) is 17.3. The second-order valence-electron chi connectivity index (χ2n) is 22.3. The number of hydrogen-bond donors (Lipinski definition) is 2. The third-order valence-corrected chi connectivity index (χ3v) is 18.1. The van der Waals surface area contributed by atoms with E-state index in [-0.39, 0.29) is 46.2 Å². The van der Waals surface area contributed by atoms with E-state index >= 15 is 0 Å². The Labute approximate surface area is 451 Å². The number of aryl methyl sites for hydroxylation is 2. The minimum Gasteiger partial charge on any atom is -0.348 e. The van der Waals surface area contributed by atoms with Crippen LogP contribution in [0.25, 0.3) is 0 Å². The average Bonchev–Trinajstić information content (AvgIpc) is 3.45. The summed E-state index contributed by atoms with van der Waals surface area (Å²) in [6.07, 6.45) is 7.35. The Balaban J connectivity index is 0.000000221. The fraction of sp³-hybridized carbons (Fsp3) is 0.433. The lowest BCUT2D eigenvalue weighted by Crippen LogP contribution is -2.46. The molecule has 0 aliphatic carbocycles. The van der Waals surface area contributed by atoms with Gasteiger partial charge >= 0.3 is 0 Å². The Bertz CT molecular complexity index is 3020. The van der Waals surface area contributed by atoms with Crippen molar-refractivity contribution in [3.05, 3.63) is 177 Å². The topological polar surface area (TPSA) is 185 Å². The van der Waals surface area contributed by atoms with Gasteiger partial charge in [-0.25, -0.2) is 16.8 Å². The van der Waals surface area contributed by atoms with Gasteiger partial charge in [-0.1, -0.05) is 106 Å². The summed E-state index contributed by atoms with van der Waals surface area (Å²) in [5.41, 5.74) is 11.3. The fourth-order valence-electron chi connectivity index (χ4n) is 10.7. The van der Waals surface area contributed by atoms with E-state index in [4.69, 9.17) is 0 Å². The number of nitrogens with one attached hydrogen (secondary N) is 2. The summed E-state index contributed by atoms with van der Waals surface area (Å²) in [5.74, 6) is 0.588. The first kappa shape index (κ1) is 57.5. The molecule has 14 nitrogen and oxygen atoms in total. The van der Waals surface area contributed by atoms with Gasteiger partial charge in [0.15, 0.2) is 19.7 Å². The van der Waals surface area contributed by atoms with Gasteiger partial charge in [0.2, 0.25) is 0 Å². The van der Waals surface area contributed by atoms with Gasteiger partial charge in [-0.05, 0) is 108 Å². The standard InChI is InChI=1S/2C30H38N4O3S/c2*1-7-38(36,37)25-11-8-22(9-12-25)16-33-29(35)23-10-13-26-27(14-23)30(5,6)19-34(28(26)20(2)3)18-24-17-31-21(4)15-32-24/h2*8-15,17,20,28H,7,16,18-19H2,1-6H3,(H,33,35)/t2*28-/m10/s1. The van der Waals surface area contributed by atoms with Gasteiger partial charge in [0, 0.05) is 98.1 Å². The average molecular weight is 1070 g/mol. The smallest absolute Gasteiger partial charge is 0.251 e. The number of benzene rings is 4. The fourth-order valence-corrected chi connectivity index (χ4v) is 12.4. The Hall–Kier alpha value is -6.20. The molecule has 0 fully saturated rings. The zero-order chi connectivity index (χ0) is 55.3. The predicted octanol–water partition coefficient (Wildman–Crippen LogP) is 10.00. The third kappa shape index (κ3) is 13.5. The van der Waals surface area contributed by atoms with E-state index in [9.17, 15) is 26.4 Å². The predicted molar refractivity (Wildman–Crippen MR) is 299 cm³/mol. The van der Waals surface area contributed by atoms with E-state index in [1.54, 1.807) is 62.4 Å². The van der Waals surface area contributed by atoms with Crippen molar-refractivity contribution in [2.75, 3.05) is 24.6 Å². The quantitative estimate of drug-likeness (QED) is 0.0937. The summed E-state index contributed by atoms with van der Waals surface area (Å²) in [7, 11) is -6.48. The van der Waals surface area contributed by atoms with E-state index in [0.717, 1.165) is 60.1 Å². The molecule has 0 unspecified atom stereocenters. The van der Waals surface area contributed by atoms with Crippen molar-refractivity contribution < 1.29 is 26.4 Å². The molecule has 76 heavy (non-hydrogen) atoms. The maximum Gasteiger partial charge on any atom is 0.251 e. The van der Waals surface area contributed by atoms with E-state index in [2.05, 4.69) is 108 Å². The van der Waals surface area contributed by atoms with Crippen LogP contribution in [0.15, 0.2) is 120 Å². The summed E-state index contributed by atoms with van der Waals surface area (Å²) in [4.78, 5) is 49.8. The Morgan fingerprint density at radius 2 is 0.908 bits per heavy atom. The molecule has 16 heteroatoms. The first-order valence-corrected chi connectivity index (χ1v) is 29.6. The highest BCUT2D eigenvalue weighted by atomic mass is 32.2. The van der Waals surface area contributed by atoms with Crippen molar-refractivity contribution in [2.45, 2.75) is 142 Å². The zero-order valence-electron chi connectivity index (χ0n) is 46.3. The molecule has 0 saturated heterocycles. The molecule has 2 amide bonds. The van der Waals surface area contributed by atoms with Gasteiger partial charge in [0.05, 0.1) is 44.1 Å². The molecule has 8 rings (SSSR count). The van der Waals surface area contributed by atoms with Gasteiger partial charge < -0.3 is 10.6 Å². The molecule has 0 spiro atoms. The van der Waals surface area contributed by atoms with Crippen LogP contribution >= 0.6 is 0 Å². The lowest BCUT2D eigenvalue weighted by Gasteiger charge is -2.47. The van der Waals surface area contributed by atoms with Crippen LogP contribution in [-0.4, -0.2) is 83.0 Å². The molecule has 2 atom stereocenters. The molecule has 404 valence electrons. The van der Waals surface area contributed by atoms with Gasteiger partial charge in [-0.15, -0.1) is 0 Å². The SMILES string of the molecule is CCS(=O)(=O)c1ccc(CNC(=O)c2ccc3c(c2)C(C)(C)CN(Cc2cnc(C)cn2)[C@@H]3C(C)C)cc1.CCS(=O)(=O)c1ccc(CNC(=O)c2ccc3c(c2)C(C)(C)CN(Cc2cnc(C)cn2)[C@H]3C(C)C)cc1. The van der Waals surface area contributed by atoms with Gasteiger partial charge in [0.25, 0.3) is 11.8 Å². The number of carbonyl (C=O) groups excluding carboxylic acids is 2. The van der Waals surface area contributed by atoms with Crippen molar-refractivity contribution in [3.8, 4) is 0 Å². The van der Waals surface area contributed by atoms with Crippen LogP contribution in [0.2, 0.25) is 0 Å². The minimum absolute atomic E-state index is 0.0627. The van der Waals surface area contributed by atoms with Crippen molar-refractivity contribution in [2.24, 2.45) is 11.8 Å². The van der Waals surface area contributed by atoms with Crippen molar-refractivity contribution in [1.29, 1.82) is 0 Å². The molecule has 0 bridgehead atoms. The van der Waals surface area contributed by atoms with Gasteiger partial charge in [-0.3, -0.25) is 39.3 Å².